The van der Waals surface area contributed by atoms with Crippen molar-refractivity contribution in [3.05, 3.63) is 35.4 Å². The number of amides is 2. The predicted molar refractivity (Wildman–Crippen MR) is 96.7 cm³/mol. The number of alkyl halides is 3. The van der Waals surface area contributed by atoms with E-state index in [-0.39, 0.29) is 35.5 Å². The van der Waals surface area contributed by atoms with E-state index < -0.39 is 11.7 Å². The lowest BCUT2D eigenvalue weighted by Gasteiger charge is -2.39. The van der Waals surface area contributed by atoms with Crippen LogP contribution >= 0.6 is 0 Å². The molecule has 2 fully saturated rings. The lowest BCUT2D eigenvalue weighted by molar-refractivity contribution is -0.148. The average Bonchev–Trinajstić information content (AvgIpc) is 2.65. The highest BCUT2D eigenvalue weighted by Gasteiger charge is 2.34. The first-order valence-electron chi connectivity index (χ1n) is 9.56. The van der Waals surface area contributed by atoms with Crippen LogP contribution in [0.2, 0.25) is 0 Å². The van der Waals surface area contributed by atoms with E-state index in [1.165, 1.54) is 12.1 Å². The Morgan fingerprint density at radius 3 is 2.00 bits per heavy atom. The van der Waals surface area contributed by atoms with Crippen LogP contribution < -0.4 is 0 Å². The second-order valence-corrected chi connectivity index (χ2v) is 7.64. The number of carbonyl (C=O) groups excluding carboxylic acids is 2. The summed E-state index contributed by atoms with van der Waals surface area (Å²) in [5, 5.41) is 0. The number of nitrogens with zero attached hydrogens (tertiary/aromatic N) is 2. The topological polar surface area (TPSA) is 49.9 Å². The maximum absolute atomic E-state index is 12.8. The molecule has 0 aliphatic carbocycles. The Hall–Kier alpha value is -2.09. The third-order valence-corrected chi connectivity index (χ3v) is 5.32. The largest absolute Gasteiger partial charge is 0.416 e. The maximum atomic E-state index is 12.8. The van der Waals surface area contributed by atoms with Crippen molar-refractivity contribution in [2.24, 2.45) is 5.92 Å². The summed E-state index contributed by atoms with van der Waals surface area (Å²) in [7, 11) is 0. The number of piperidine rings is 1. The van der Waals surface area contributed by atoms with Crippen LogP contribution in [0.15, 0.2) is 24.3 Å². The Labute approximate surface area is 162 Å². The molecule has 1 aromatic rings. The second-order valence-electron chi connectivity index (χ2n) is 7.64. The zero-order valence-electron chi connectivity index (χ0n) is 16.0. The number of carbonyl (C=O) groups is 2. The predicted octanol–water partition coefficient (Wildman–Crippen LogP) is 3.19. The lowest BCUT2D eigenvalue weighted by atomic mass is 9.94. The van der Waals surface area contributed by atoms with Crippen LogP contribution in [0.3, 0.4) is 0 Å². The number of ether oxygens (including phenoxy) is 1. The third-order valence-electron chi connectivity index (χ3n) is 5.32. The van der Waals surface area contributed by atoms with Crippen LogP contribution in [0.25, 0.3) is 0 Å². The van der Waals surface area contributed by atoms with Gasteiger partial charge >= 0.3 is 6.18 Å². The molecule has 2 saturated heterocycles. The number of likely N-dealkylation sites (tertiary alicyclic amines) is 1. The van der Waals surface area contributed by atoms with E-state index in [1.807, 2.05) is 18.7 Å². The van der Waals surface area contributed by atoms with Gasteiger partial charge in [-0.15, -0.1) is 0 Å². The minimum Gasteiger partial charge on any atom is -0.372 e. The molecular formula is C20H25F3N2O3. The van der Waals surface area contributed by atoms with Gasteiger partial charge in [0, 0.05) is 37.7 Å². The number of rotatable bonds is 2. The van der Waals surface area contributed by atoms with Crippen molar-refractivity contribution in [1.29, 1.82) is 0 Å². The van der Waals surface area contributed by atoms with Gasteiger partial charge in [0.1, 0.15) is 0 Å². The number of hydrogen-bond acceptors (Lipinski definition) is 3. The first-order chi connectivity index (χ1) is 13.1. The molecule has 3 rings (SSSR count). The molecule has 8 heteroatoms. The van der Waals surface area contributed by atoms with Gasteiger partial charge in [0.05, 0.1) is 17.8 Å². The van der Waals surface area contributed by atoms with Crippen molar-refractivity contribution in [2.75, 3.05) is 26.2 Å². The lowest BCUT2D eigenvalue weighted by Crippen LogP contribution is -2.51. The summed E-state index contributed by atoms with van der Waals surface area (Å²) in [6, 6.07) is 4.26. The number of benzene rings is 1. The molecule has 5 nitrogen and oxygen atoms in total. The zero-order chi connectivity index (χ0) is 20.5. The summed E-state index contributed by atoms with van der Waals surface area (Å²) < 4.78 is 43.6. The summed E-state index contributed by atoms with van der Waals surface area (Å²) >= 11 is 0. The molecule has 0 unspecified atom stereocenters. The summed E-state index contributed by atoms with van der Waals surface area (Å²) in [4.78, 5) is 28.8. The highest BCUT2D eigenvalue weighted by atomic mass is 19.4. The normalized spacial score (nSPS) is 24.3. The Bertz CT molecular complexity index is 702. The van der Waals surface area contributed by atoms with Crippen molar-refractivity contribution in [3.8, 4) is 0 Å². The van der Waals surface area contributed by atoms with Crippen molar-refractivity contribution in [2.45, 2.75) is 45.1 Å². The van der Waals surface area contributed by atoms with Gasteiger partial charge in [0.25, 0.3) is 5.91 Å². The average molecular weight is 398 g/mol. The molecule has 2 heterocycles. The van der Waals surface area contributed by atoms with E-state index in [0.717, 1.165) is 12.1 Å². The summed E-state index contributed by atoms with van der Waals surface area (Å²) in [5.41, 5.74) is -0.545. The fraction of sp³-hybridized carbons (Fsp3) is 0.600. The Balaban J connectivity index is 1.56. The molecular weight excluding hydrogens is 373 g/mol. The zero-order valence-corrected chi connectivity index (χ0v) is 16.0. The SMILES string of the molecule is C[C@H]1CN(C(=O)C2CCN(C(=O)c3ccc(C(F)(F)F)cc3)CC2)C[C@H](C)O1. The van der Waals surface area contributed by atoms with E-state index in [9.17, 15) is 22.8 Å². The van der Waals surface area contributed by atoms with Gasteiger partial charge in [-0.05, 0) is 51.0 Å². The maximum Gasteiger partial charge on any atom is 0.416 e. The van der Waals surface area contributed by atoms with Gasteiger partial charge in [0.2, 0.25) is 5.91 Å². The van der Waals surface area contributed by atoms with Crippen molar-refractivity contribution in [3.63, 3.8) is 0 Å². The van der Waals surface area contributed by atoms with Crippen LogP contribution in [0.5, 0.6) is 0 Å². The van der Waals surface area contributed by atoms with E-state index >= 15 is 0 Å². The van der Waals surface area contributed by atoms with Crippen molar-refractivity contribution in [1.82, 2.24) is 9.80 Å². The monoisotopic (exact) mass is 398 g/mol. The molecule has 2 aliphatic rings. The van der Waals surface area contributed by atoms with Crippen LogP contribution in [-0.4, -0.2) is 60.0 Å². The minimum atomic E-state index is -4.42. The smallest absolute Gasteiger partial charge is 0.372 e. The van der Waals surface area contributed by atoms with Gasteiger partial charge < -0.3 is 14.5 Å². The minimum absolute atomic E-state index is 0.00837. The standard InChI is InChI=1S/C20H25F3N2O3/c1-13-11-25(12-14(2)28-13)19(27)16-7-9-24(10-8-16)18(26)15-3-5-17(6-4-15)20(21,22)23/h3-6,13-14,16H,7-12H2,1-2H3/t13-,14-/m0/s1. The molecule has 2 atom stereocenters. The molecule has 0 saturated carbocycles. The van der Waals surface area contributed by atoms with Crippen LogP contribution in [0.4, 0.5) is 13.2 Å². The molecule has 1 aromatic carbocycles. The first-order valence-corrected chi connectivity index (χ1v) is 9.56. The fourth-order valence-electron chi connectivity index (χ4n) is 3.93. The van der Waals surface area contributed by atoms with Gasteiger partial charge in [-0.3, -0.25) is 9.59 Å². The van der Waals surface area contributed by atoms with Crippen LogP contribution in [0.1, 0.15) is 42.6 Å². The Morgan fingerprint density at radius 2 is 1.50 bits per heavy atom. The van der Waals surface area contributed by atoms with Crippen LogP contribution in [-0.2, 0) is 15.7 Å². The van der Waals surface area contributed by atoms with E-state index in [1.54, 1.807) is 4.90 Å². The Morgan fingerprint density at radius 1 is 0.964 bits per heavy atom. The fourth-order valence-corrected chi connectivity index (χ4v) is 3.93. The van der Waals surface area contributed by atoms with E-state index in [2.05, 4.69) is 0 Å². The molecule has 2 aliphatic heterocycles. The van der Waals surface area contributed by atoms with Gasteiger partial charge in [0.15, 0.2) is 0 Å². The van der Waals surface area contributed by atoms with Crippen molar-refractivity contribution < 1.29 is 27.5 Å². The molecule has 154 valence electrons. The Kier molecular flexibility index (Phi) is 5.98. The molecule has 0 bridgehead atoms. The number of halogens is 3. The van der Waals surface area contributed by atoms with Gasteiger partial charge in [-0.25, -0.2) is 0 Å². The highest BCUT2D eigenvalue weighted by molar-refractivity contribution is 5.94. The summed E-state index contributed by atoms with van der Waals surface area (Å²) in [6.07, 6.45) is -3.28. The quantitative estimate of drug-likeness (QED) is 0.769. The summed E-state index contributed by atoms with van der Waals surface area (Å²) in [6.45, 7) is 5.89. The van der Waals surface area contributed by atoms with Gasteiger partial charge in [-0.1, -0.05) is 0 Å². The molecule has 28 heavy (non-hydrogen) atoms. The van der Waals surface area contributed by atoms with E-state index in [4.69, 9.17) is 4.74 Å². The second kappa shape index (κ2) is 8.11. The third kappa shape index (κ3) is 4.66. The molecule has 0 radical (unpaired) electrons. The van der Waals surface area contributed by atoms with Crippen LogP contribution in [0, 0.1) is 5.92 Å². The summed E-state index contributed by atoms with van der Waals surface area (Å²) in [5.74, 6) is -0.328. The van der Waals surface area contributed by atoms with Gasteiger partial charge in [-0.2, -0.15) is 13.2 Å². The first kappa shape index (κ1) is 20.6. The van der Waals surface area contributed by atoms with Crippen molar-refractivity contribution >= 4 is 11.8 Å². The van der Waals surface area contributed by atoms with E-state index in [0.29, 0.717) is 39.0 Å². The number of hydrogen-bond donors (Lipinski definition) is 0. The number of morpholine rings is 1. The molecule has 2 amide bonds. The molecule has 0 N–H and O–H groups in total. The molecule has 0 spiro atoms. The highest BCUT2D eigenvalue weighted by Crippen LogP contribution is 2.29. The molecule has 0 aromatic heterocycles.